The lowest BCUT2D eigenvalue weighted by Gasteiger charge is -2.28. The van der Waals surface area contributed by atoms with Crippen molar-refractivity contribution in [1.82, 2.24) is 5.32 Å². The molecule has 0 saturated heterocycles. The lowest BCUT2D eigenvalue weighted by atomic mass is 9.81. The Morgan fingerprint density at radius 1 is 1.24 bits per heavy atom. The number of carbonyl (C=O) groups excluding carboxylic acids is 1. The van der Waals surface area contributed by atoms with Gasteiger partial charge in [-0.05, 0) is 31.1 Å². The summed E-state index contributed by atoms with van der Waals surface area (Å²) in [6, 6.07) is -0.327. The summed E-state index contributed by atoms with van der Waals surface area (Å²) in [4.78, 5) is 11.5. The van der Waals surface area contributed by atoms with Gasteiger partial charge in [-0.2, -0.15) is 0 Å². The Labute approximate surface area is 111 Å². The number of nitrogens with one attached hydrogen (secondary N) is 1. The predicted molar refractivity (Wildman–Crippen MR) is 74.3 cm³/mol. The van der Waals surface area contributed by atoms with Crippen LogP contribution in [0.3, 0.4) is 0 Å². The van der Waals surface area contributed by atoms with Gasteiger partial charge in [0.1, 0.15) is 0 Å². The van der Waals surface area contributed by atoms with E-state index in [0.29, 0.717) is 12.3 Å². The van der Waals surface area contributed by atoms with Crippen LogP contribution in [0, 0.1) is 11.8 Å². The van der Waals surface area contributed by atoms with Crippen LogP contribution in [0.5, 0.6) is 0 Å². The Kier molecular flexibility index (Phi) is 8.61. The highest BCUT2D eigenvalue weighted by Crippen LogP contribution is 2.29. The molecule has 1 saturated carbocycles. The lowest BCUT2D eigenvalue weighted by molar-refractivity contribution is -0.122. The molecule has 0 aromatic carbocycles. The summed E-state index contributed by atoms with van der Waals surface area (Å²) in [6.45, 7) is 5.03. The van der Waals surface area contributed by atoms with Gasteiger partial charge < -0.3 is 11.1 Å². The summed E-state index contributed by atoms with van der Waals surface area (Å²) >= 11 is 0. The molecule has 1 fully saturated rings. The fourth-order valence-corrected chi connectivity index (χ4v) is 2.41. The summed E-state index contributed by atoms with van der Waals surface area (Å²) in [5, 5.41) is 2.97. The second-order valence-corrected chi connectivity index (χ2v) is 5.05. The summed E-state index contributed by atoms with van der Waals surface area (Å²) in [7, 11) is 0. The molecule has 1 aliphatic rings. The van der Waals surface area contributed by atoms with Gasteiger partial charge in [-0.1, -0.05) is 33.1 Å². The van der Waals surface area contributed by atoms with Gasteiger partial charge in [-0.25, -0.2) is 0 Å². The van der Waals surface area contributed by atoms with Crippen molar-refractivity contribution >= 4 is 18.3 Å². The Morgan fingerprint density at radius 2 is 1.76 bits per heavy atom. The van der Waals surface area contributed by atoms with Gasteiger partial charge in [0.25, 0.3) is 0 Å². The first-order chi connectivity index (χ1) is 7.67. The van der Waals surface area contributed by atoms with Crippen LogP contribution in [0.25, 0.3) is 0 Å². The number of rotatable bonds is 5. The number of hydrogen-bond acceptors (Lipinski definition) is 2. The predicted octanol–water partition coefficient (Wildman–Crippen LogP) is 2.48. The highest BCUT2D eigenvalue weighted by atomic mass is 35.5. The third kappa shape index (κ3) is 5.73. The molecule has 0 heterocycles. The summed E-state index contributed by atoms with van der Waals surface area (Å²) in [6.07, 6.45) is 7.21. The number of carbonyl (C=O) groups is 1. The van der Waals surface area contributed by atoms with E-state index < -0.39 is 0 Å². The van der Waals surface area contributed by atoms with E-state index in [1.165, 1.54) is 32.1 Å². The van der Waals surface area contributed by atoms with Crippen LogP contribution in [-0.2, 0) is 4.79 Å². The first-order valence-electron chi connectivity index (χ1n) is 6.70. The Hall–Kier alpha value is -0.280. The minimum absolute atomic E-state index is 0. The minimum Gasteiger partial charge on any atom is -0.354 e. The topological polar surface area (TPSA) is 55.1 Å². The van der Waals surface area contributed by atoms with Crippen molar-refractivity contribution < 1.29 is 4.79 Å². The smallest absolute Gasteiger partial charge is 0.236 e. The zero-order valence-electron chi connectivity index (χ0n) is 11.1. The number of hydrogen-bond donors (Lipinski definition) is 2. The van der Waals surface area contributed by atoms with Crippen molar-refractivity contribution in [2.75, 3.05) is 6.54 Å². The van der Waals surface area contributed by atoms with E-state index in [-0.39, 0.29) is 24.4 Å². The molecule has 0 aromatic rings. The molecule has 1 atom stereocenters. The minimum atomic E-state index is -0.327. The largest absolute Gasteiger partial charge is 0.354 e. The maximum absolute atomic E-state index is 11.5. The van der Waals surface area contributed by atoms with Crippen LogP contribution in [0.2, 0.25) is 0 Å². The van der Waals surface area contributed by atoms with Gasteiger partial charge in [-0.3, -0.25) is 4.79 Å². The van der Waals surface area contributed by atoms with Gasteiger partial charge in [0.05, 0.1) is 6.04 Å². The second kappa shape index (κ2) is 8.76. The standard InChI is InChI=1S/C13H26N2O.ClH/c1-3-10-5-7-11(8-6-10)9-15-13(16)12(14)4-2;/h10-12H,3-9,14H2,1-2H3,(H,15,16);1H/t10?,11?,12-;/m0./s1. The van der Waals surface area contributed by atoms with E-state index in [9.17, 15) is 4.79 Å². The van der Waals surface area contributed by atoms with E-state index in [1.807, 2.05) is 6.92 Å². The molecule has 17 heavy (non-hydrogen) atoms. The molecule has 3 N–H and O–H groups in total. The van der Waals surface area contributed by atoms with Crippen LogP contribution < -0.4 is 11.1 Å². The van der Waals surface area contributed by atoms with E-state index in [4.69, 9.17) is 5.73 Å². The maximum Gasteiger partial charge on any atom is 0.236 e. The molecule has 3 nitrogen and oxygen atoms in total. The van der Waals surface area contributed by atoms with Crippen LogP contribution >= 0.6 is 12.4 Å². The number of nitrogens with two attached hydrogens (primary N) is 1. The monoisotopic (exact) mass is 262 g/mol. The van der Waals surface area contributed by atoms with Crippen LogP contribution in [-0.4, -0.2) is 18.5 Å². The highest BCUT2D eigenvalue weighted by molar-refractivity contribution is 5.85. The Balaban J connectivity index is 0.00000256. The van der Waals surface area contributed by atoms with Gasteiger partial charge >= 0.3 is 0 Å². The van der Waals surface area contributed by atoms with Crippen LogP contribution in [0.4, 0.5) is 0 Å². The number of halogens is 1. The molecular formula is C13H27ClN2O. The van der Waals surface area contributed by atoms with Crippen molar-refractivity contribution in [3.8, 4) is 0 Å². The van der Waals surface area contributed by atoms with Crippen molar-refractivity contribution in [3.05, 3.63) is 0 Å². The van der Waals surface area contributed by atoms with Gasteiger partial charge in [0.15, 0.2) is 0 Å². The third-order valence-electron chi connectivity index (χ3n) is 3.89. The zero-order chi connectivity index (χ0) is 12.0. The molecule has 4 heteroatoms. The quantitative estimate of drug-likeness (QED) is 0.800. The van der Waals surface area contributed by atoms with Crippen molar-refractivity contribution in [2.45, 2.75) is 58.4 Å². The molecule has 0 aliphatic heterocycles. The van der Waals surface area contributed by atoms with Gasteiger partial charge in [0, 0.05) is 6.54 Å². The average molecular weight is 263 g/mol. The molecule has 0 bridgehead atoms. The molecule has 1 amide bonds. The van der Waals surface area contributed by atoms with Gasteiger partial charge in [-0.15, -0.1) is 12.4 Å². The van der Waals surface area contributed by atoms with E-state index in [0.717, 1.165) is 12.5 Å². The lowest BCUT2D eigenvalue weighted by Crippen LogP contribution is -2.42. The van der Waals surface area contributed by atoms with E-state index in [2.05, 4.69) is 12.2 Å². The van der Waals surface area contributed by atoms with Gasteiger partial charge in [0.2, 0.25) is 5.91 Å². The fraction of sp³-hybridized carbons (Fsp3) is 0.923. The molecule has 1 rings (SSSR count). The molecule has 102 valence electrons. The molecule has 0 radical (unpaired) electrons. The van der Waals surface area contributed by atoms with Crippen molar-refractivity contribution in [2.24, 2.45) is 17.6 Å². The summed E-state index contributed by atoms with van der Waals surface area (Å²) in [5.41, 5.74) is 5.66. The van der Waals surface area contributed by atoms with Crippen LogP contribution in [0.15, 0.2) is 0 Å². The molecule has 0 spiro atoms. The summed E-state index contributed by atoms with van der Waals surface area (Å²) < 4.78 is 0. The fourth-order valence-electron chi connectivity index (χ4n) is 2.41. The van der Waals surface area contributed by atoms with Crippen molar-refractivity contribution in [3.63, 3.8) is 0 Å². The molecule has 0 unspecified atom stereocenters. The zero-order valence-corrected chi connectivity index (χ0v) is 11.9. The maximum atomic E-state index is 11.5. The van der Waals surface area contributed by atoms with E-state index >= 15 is 0 Å². The van der Waals surface area contributed by atoms with Crippen LogP contribution in [0.1, 0.15) is 52.4 Å². The number of amides is 1. The Bertz CT molecular complexity index is 215. The van der Waals surface area contributed by atoms with Crippen molar-refractivity contribution in [1.29, 1.82) is 0 Å². The molecule has 1 aliphatic carbocycles. The highest BCUT2D eigenvalue weighted by Gasteiger charge is 2.20. The first-order valence-corrected chi connectivity index (χ1v) is 6.70. The second-order valence-electron chi connectivity index (χ2n) is 5.05. The summed E-state index contributed by atoms with van der Waals surface area (Å²) in [5.74, 6) is 1.61. The average Bonchev–Trinajstić information content (AvgIpc) is 2.35. The Morgan fingerprint density at radius 3 is 2.24 bits per heavy atom. The van der Waals surface area contributed by atoms with E-state index in [1.54, 1.807) is 0 Å². The molecular weight excluding hydrogens is 236 g/mol. The SMILES string of the molecule is CCC1CCC(CNC(=O)[C@@H](N)CC)CC1.Cl. The first kappa shape index (κ1) is 16.7. The third-order valence-corrected chi connectivity index (χ3v) is 3.89. The molecule has 0 aromatic heterocycles. The normalized spacial score (nSPS) is 25.8.